The van der Waals surface area contributed by atoms with Crippen molar-refractivity contribution in [2.24, 2.45) is 5.73 Å². The van der Waals surface area contributed by atoms with E-state index in [9.17, 15) is 0 Å². The first-order valence-electron chi connectivity index (χ1n) is 6.09. The lowest BCUT2D eigenvalue weighted by atomic mass is 10.1. The predicted molar refractivity (Wildman–Crippen MR) is 72.5 cm³/mol. The smallest absolute Gasteiger partial charge is 0.0940 e. The highest BCUT2D eigenvalue weighted by atomic mass is 32.1. The van der Waals surface area contributed by atoms with Gasteiger partial charge >= 0.3 is 0 Å². The summed E-state index contributed by atoms with van der Waals surface area (Å²) in [4.78, 5) is 4.44. The number of thiazole rings is 1. The van der Waals surface area contributed by atoms with E-state index in [0.29, 0.717) is 6.04 Å². The van der Waals surface area contributed by atoms with Gasteiger partial charge in [0.2, 0.25) is 0 Å². The third kappa shape index (κ3) is 6.12. The largest absolute Gasteiger partial charge is 0.383 e. The molecule has 3 N–H and O–H groups in total. The van der Waals surface area contributed by atoms with Gasteiger partial charge in [-0.2, -0.15) is 0 Å². The van der Waals surface area contributed by atoms with Gasteiger partial charge in [-0.1, -0.05) is 0 Å². The molecule has 1 atom stereocenters. The van der Waals surface area contributed by atoms with Gasteiger partial charge in [-0.3, -0.25) is 0 Å². The normalized spacial score (nSPS) is 12.9. The van der Waals surface area contributed by atoms with Crippen LogP contribution in [0.4, 0.5) is 0 Å². The lowest BCUT2D eigenvalue weighted by Gasteiger charge is -2.17. The van der Waals surface area contributed by atoms with Crippen LogP contribution in [0, 0.1) is 6.92 Å². The molecule has 0 saturated heterocycles. The van der Waals surface area contributed by atoms with E-state index in [0.717, 1.165) is 44.7 Å². The maximum atomic E-state index is 5.52. The van der Waals surface area contributed by atoms with Crippen molar-refractivity contribution in [2.45, 2.75) is 32.2 Å². The number of aryl methyl sites for hydroxylation is 1. The molecule has 1 rings (SSSR count). The number of hydrogen-bond donors (Lipinski definition) is 2. The van der Waals surface area contributed by atoms with E-state index >= 15 is 0 Å². The Morgan fingerprint density at radius 3 is 3.00 bits per heavy atom. The van der Waals surface area contributed by atoms with Crippen LogP contribution in [0.5, 0.6) is 0 Å². The third-order valence-electron chi connectivity index (χ3n) is 2.56. The summed E-state index contributed by atoms with van der Waals surface area (Å²) >= 11 is 1.73. The highest BCUT2D eigenvalue weighted by molar-refractivity contribution is 7.09. The summed E-state index contributed by atoms with van der Waals surface area (Å²) in [6.07, 6.45) is 3.10. The van der Waals surface area contributed by atoms with Gasteiger partial charge in [0.1, 0.15) is 0 Å². The zero-order valence-electron chi connectivity index (χ0n) is 10.7. The topological polar surface area (TPSA) is 60.2 Å². The van der Waals surface area contributed by atoms with Crippen LogP contribution in [-0.2, 0) is 11.2 Å². The quantitative estimate of drug-likeness (QED) is 0.701. The molecule has 0 saturated carbocycles. The Kier molecular flexibility index (Phi) is 7.35. The van der Waals surface area contributed by atoms with Crippen molar-refractivity contribution in [3.63, 3.8) is 0 Å². The van der Waals surface area contributed by atoms with Crippen LogP contribution in [0.15, 0.2) is 5.38 Å². The average Bonchev–Trinajstić information content (AvgIpc) is 2.72. The molecule has 1 aromatic heterocycles. The maximum Gasteiger partial charge on any atom is 0.0940 e. The molecule has 4 nitrogen and oxygen atoms in total. The first kappa shape index (κ1) is 14.6. The van der Waals surface area contributed by atoms with Crippen LogP contribution in [0.3, 0.4) is 0 Å². The fraction of sp³-hybridized carbons (Fsp3) is 0.750. The van der Waals surface area contributed by atoms with E-state index in [2.05, 4.69) is 15.7 Å². The van der Waals surface area contributed by atoms with E-state index in [4.69, 9.17) is 10.5 Å². The van der Waals surface area contributed by atoms with Crippen LogP contribution in [0.2, 0.25) is 0 Å². The maximum absolute atomic E-state index is 5.52. The van der Waals surface area contributed by atoms with Gasteiger partial charge in [-0.25, -0.2) is 4.98 Å². The summed E-state index contributed by atoms with van der Waals surface area (Å²) in [5, 5.41) is 6.79. The van der Waals surface area contributed by atoms with E-state index in [1.54, 1.807) is 18.4 Å². The number of aromatic nitrogens is 1. The van der Waals surface area contributed by atoms with E-state index in [1.165, 1.54) is 5.01 Å². The Hall–Kier alpha value is -0.490. The highest BCUT2D eigenvalue weighted by Gasteiger charge is 2.07. The minimum Gasteiger partial charge on any atom is -0.383 e. The zero-order valence-corrected chi connectivity index (χ0v) is 11.6. The Labute approximate surface area is 108 Å². The Balaban J connectivity index is 2.21. The molecule has 0 spiro atoms. The minimum atomic E-state index is 0.407. The summed E-state index contributed by atoms with van der Waals surface area (Å²) in [5.74, 6) is 0. The molecular formula is C12H23N3OS. The molecule has 0 fully saturated rings. The lowest BCUT2D eigenvalue weighted by Crippen LogP contribution is -2.35. The van der Waals surface area contributed by atoms with Gasteiger partial charge in [-0.15, -0.1) is 11.3 Å². The fourth-order valence-electron chi connectivity index (χ4n) is 1.71. The second kappa shape index (κ2) is 8.58. The van der Waals surface area contributed by atoms with Crippen molar-refractivity contribution in [2.75, 3.05) is 26.8 Å². The van der Waals surface area contributed by atoms with Crippen LogP contribution in [-0.4, -0.2) is 37.8 Å². The van der Waals surface area contributed by atoms with Gasteiger partial charge in [-0.05, 0) is 26.3 Å². The monoisotopic (exact) mass is 257 g/mol. The van der Waals surface area contributed by atoms with E-state index in [1.807, 2.05) is 6.92 Å². The minimum absolute atomic E-state index is 0.407. The number of hydrogen-bond acceptors (Lipinski definition) is 5. The van der Waals surface area contributed by atoms with Crippen LogP contribution in [0.1, 0.15) is 23.5 Å². The van der Waals surface area contributed by atoms with Crippen molar-refractivity contribution in [3.8, 4) is 0 Å². The Morgan fingerprint density at radius 2 is 2.41 bits per heavy atom. The molecule has 0 aliphatic rings. The number of ether oxygens (including phenoxy) is 1. The van der Waals surface area contributed by atoms with Gasteiger partial charge in [0.05, 0.1) is 11.6 Å². The molecule has 0 aliphatic carbocycles. The zero-order chi connectivity index (χ0) is 12.5. The average molecular weight is 257 g/mol. The predicted octanol–water partition coefficient (Wildman–Crippen LogP) is 1.34. The molecular weight excluding hydrogens is 234 g/mol. The van der Waals surface area contributed by atoms with Crippen LogP contribution >= 0.6 is 11.3 Å². The molecule has 0 aromatic carbocycles. The molecule has 5 heteroatoms. The first-order valence-corrected chi connectivity index (χ1v) is 6.97. The molecule has 17 heavy (non-hydrogen) atoms. The summed E-state index contributed by atoms with van der Waals surface area (Å²) in [5.41, 5.74) is 6.63. The molecule has 1 unspecified atom stereocenters. The van der Waals surface area contributed by atoms with Crippen molar-refractivity contribution in [1.29, 1.82) is 0 Å². The standard InChI is InChI=1S/C12H23N3OS/c1-10-9-17-12(15-10)5-7-14-11(8-16-2)4-3-6-13/h9,11,14H,3-8,13H2,1-2H3. The summed E-state index contributed by atoms with van der Waals surface area (Å²) < 4.78 is 5.19. The van der Waals surface area contributed by atoms with Crippen molar-refractivity contribution >= 4 is 11.3 Å². The molecule has 0 radical (unpaired) electrons. The number of nitrogens with zero attached hydrogens (tertiary/aromatic N) is 1. The Bertz CT molecular complexity index is 304. The number of methoxy groups -OCH3 is 1. The summed E-state index contributed by atoms with van der Waals surface area (Å²) in [6.45, 7) is 4.47. The number of nitrogens with two attached hydrogens (primary N) is 1. The van der Waals surface area contributed by atoms with Gasteiger partial charge < -0.3 is 15.8 Å². The van der Waals surface area contributed by atoms with Crippen molar-refractivity contribution in [1.82, 2.24) is 10.3 Å². The van der Waals surface area contributed by atoms with E-state index in [-0.39, 0.29) is 0 Å². The number of rotatable bonds is 9. The van der Waals surface area contributed by atoms with Gasteiger partial charge in [0.15, 0.2) is 0 Å². The van der Waals surface area contributed by atoms with E-state index < -0.39 is 0 Å². The highest BCUT2D eigenvalue weighted by Crippen LogP contribution is 2.08. The van der Waals surface area contributed by atoms with Crippen molar-refractivity contribution < 1.29 is 4.74 Å². The molecule has 98 valence electrons. The third-order valence-corrected chi connectivity index (χ3v) is 3.59. The molecule has 0 bridgehead atoms. The fourth-order valence-corrected chi connectivity index (χ4v) is 2.49. The summed E-state index contributed by atoms with van der Waals surface area (Å²) in [6, 6.07) is 0.407. The number of nitrogens with one attached hydrogen (secondary N) is 1. The van der Waals surface area contributed by atoms with Crippen LogP contribution < -0.4 is 11.1 Å². The Morgan fingerprint density at radius 1 is 1.59 bits per heavy atom. The SMILES string of the molecule is COCC(CCCN)NCCc1nc(C)cs1. The first-order chi connectivity index (χ1) is 8.26. The van der Waals surface area contributed by atoms with Gasteiger partial charge in [0, 0.05) is 37.2 Å². The van der Waals surface area contributed by atoms with Crippen LogP contribution in [0.25, 0.3) is 0 Å². The second-order valence-corrected chi connectivity index (χ2v) is 5.11. The van der Waals surface area contributed by atoms with Gasteiger partial charge in [0.25, 0.3) is 0 Å². The molecule has 0 aliphatic heterocycles. The molecule has 1 heterocycles. The summed E-state index contributed by atoms with van der Waals surface area (Å²) in [7, 11) is 1.74. The second-order valence-electron chi connectivity index (χ2n) is 4.17. The lowest BCUT2D eigenvalue weighted by molar-refractivity contribution is 0.162. The van der Waals surface area contributed by atoms with Crippen molar-refractivity contribution in [3.05, 3.63) is 16.1 Å². The molecule has 1 aromatic rings. The molecule has 0 amide bonds.